The highest BCUT2D eigenvalue weighted by molar-refractivity contribution is 8.14. The number of carbonyl (C=O) groups is 4. The van der Waals surface area contributed by atoms with Crippen LogP contribution in [0.5, 0.6) is 5.75 Å². The summed E-state index contributed by atoms with van der Waals surface area (Å²) in [4.78, 5) is 51.3. The first-order valence-electron chi connectivity index (χ1n) is 11.6. The monoisotopic (exact) mass is 492 g/mol. The molecule has 8 nitrogen and oxygen atoms in total. The van der Waals surface area contributed by atoms with Crippen LogP contribution in [0.4, 0.5) is 0 Å². The van der Waals surface area contributed by atoms with E-state index in [0.717, 1.165) is 17.3 Å². The Morgan fingerprint density at radius 3 is 2.18 bits per heavy atom. The minimum Gasteiger partial charge on any atom is -0.508 e. The lowest BCUT2D eigenvalue weighted by molar-refractivity contribution is -0.147. The maximum atomic E-state index is 13.2. The SMILES string of the molecule is CCOC(=O)[C@H](Cc1ccc(O)cc1)NC(=O)C1(NC(=O)[C@@H](SC(=O)C(C)(C)C)C(C)C)CC1. The molecule has 3 N–H and O–H groups in total. The molecule has 0 saturated heterocycles. The fraction of sp³-hybridized carbons (Fsp3) is 0.600. The summed E-state index contributed by atoms with van der Waals surface area (Å²) in [6.07, 6.45) is 1.07. The van der Waals surface area contributed by atoms with Crippen LogP contribution in [0, 0.1) is 11.3 Å². The third-order valence-electron chi connectivity index (χ3n) is 5.51. The molecule has 0 aliphatic heterocycles. The van der Waals surface area contributed by atoms with Gasteiger partial charge in [-0.2, -0.15) is 0 Å². The van der Waals surface area contributed by atoms with Crippen LogP contribution in [0.3, 0.4) is 0 Å². The molecule has 0 spiro atoms. The van der Waals surface area contributed by atoms with Crippen LogP contribution >= 0.6 is 11.8 Å². The molecule has 1 aromatic rings. The van der Waals surface area contributed by atoms with E-state index >= 15 is 0 Å². The number of hydrogen-bond donors (Lipinski definition) is 3. The first-order valence-corrected chi connectivity index (χ1v) is 12.5. The van der Waals surface area contributed by atoms with Crippen LogP contribution in [0.25, 0.3) is 0 Å². The van der Waals surface area contributed by atoms with Crippen molar-refractivity contribution in [2.45, 2.75) is 77.6 Å². The zero-order valence-corrected chi connectivity index (χ0v) is 21.6. The molecule has 1 aromatic carbocycles. The summed E-state index contributed by atoms with van der Waals surface area (Å²) in [6.45, 7) is 11.0. The lowest BCUT2D eigenvalue weighted by Gasteiger charge is -2.27. The Morgan fingerprint density at radius 2 is 1.71 bits per heavy atom. The van der Waals surface area contributed by atoms with Crippen molar-refractivity contribution in [1.82, 2.24) is 10.6 Å². The minimum atomic E-state index is -1.10. The van der Waals surface area contributed by atoms with Crippen molar-refractivity contribution in [3.8, 4) is 5.75 Å². The summed E-state index contributed by atoms with van der Waals surface area (Å²) >= 11 is 0.999. The second-order valence-corrected chi connectivity index (χ2v) is 11.2. The van der Waals surface area contributed by atoms with Gasteiger partial charge < -0.3 is 20.5 Å². The van der Waals surface area contributed by atoms with Crippen LogP contribution in [0.1, 0.15) is 59.9 Å². The van der Waals surface area contributed by atoms with Crippen LogP contribution in [0.15, 0.2) is 24.3 Å². The smallest absolute Gasteiger partial charge is 0.328 e. The van der Waals surface area contributed by atoms with Gasteiger partial charge in [-0.15, -0.1) is 0 Å². The number of thioether (sulfide) groups is 1. The lowest BCUT2D eigenvalue weighted by atomic mass is 9.99. The Bertz CT molecular complexity index is 903. The van der Waals surface area contributed by atoms with E-state index in [1.165, 1.54) is 12.1 Å². The van der Waals surface area contributed by atoms with Crippen molar-refractivity contribution in [3.63, 3.8) is 0 Å². The van der Waals surface area contributed by atoms with E-state index in [1.807, 2.05) is 13.8 Å². The van der Waals surface area contributed by atoms with E-state index in [9.17, 15) is 24.3 Å². The van der Waals surface area contributed by atoms with E-state index in [2.05, 4.69) is 10.6 Å². The van der Waals surface area contributed by atoms with Crippen molar-refractivity contribution in [1.29, 1.82) is 0 Å². The number of rotatable bonds is 10. The highest BCUT2D eigenvalue weighted by atomic mass is 32.2. The first kappa shape index (κ1) is 27.7. The summed E-state index contributed by atoms with van der Waals surface area (Å²) in [5.74, 6) is -1.40. The summed E-state index contributed by atoms with van der Waals surface area (Å²) in [5, 5.41) is 14.4. The molecule has 0 bridgehead atoms. The molecule has 0 heterocycles. The van der Waals surface area contributed by atoms with Gasteiger partial charge in [-0.25, -0.2) is 4.79 Å². The first-order chi connectivity index (χ1) is 15.8. The zero-order chi connectivity index (χ0) is 25.7. The van der Waals surface area contributed by atoms with E-state index < -0.39 is 34.1 Å². The molecule has 188 valence electrons. The molecule has 1 saturated carbocycles. The van der Waals surface area contributed by atoms with E-state index in [1.54, 1.807) is 39.8 Å². The predicted octanol–water partition coefficient (Wildman–Crippen LogP) is 2.96. The second kappa shape index (κ2) is 11.3. The Balaban J connectivity index is 2.12. The van der Waals surface area contributed by atoms with Crippen molar-refractivity contribution in [3.05, 3.63) is 29.8 Å². The molecule has 1 aliphatic carbocycles. The molecule has 2 atom stereocenters. The Labute approximate surface area is 205 Å². The summed E-state index contributed by atoms with van der Waals surface area (Å²) in [6, 6.07) is 5.40. The molecule has 0 radical (unpaired) electrons. The van der Waals surface area contributed by atoms with Gasteiger partial charge in [0.1, 0.15) is 17.3 Å². The van der Waals surface area contributed by atoms with Gasteiger partial charge in [0.05, 0.1) is 11.9 Å². The van der Waals surface area contributed by atoms with Gasteiger partial charge in [-0.05, 0) is 43.4 Å². The van der Waals surface area contributed by atoms with Gasteiger partial charge in [-0.1, -0.05) is 58.5 Å². The van der Waals surface area contributed by atoms with Crippen molar-refractivity contribution in [2.24, 2.45) is 11.3 Å². The molecule has 2 amide bonds. The molecule has 0 unspecified atom stereocenters. The maximum Gasteiger partial charge on any atom is 0.328 e. The van der Waals surface area contributed by atoms with Gasteiger partial charge in [-0.3, -0.25) is 14.4 Å². The minimum absolute atomic E-state index is 0.0908. The Morgan fingerprint density at radius 1 is 1.12 bits per heavy atom. The fourth-order valence-corrected chi connectivity index (χ4v) is 4.25. The normalized spacial score (nSPS) is 16.3. The molecule has 1 fully saturated rings. The fourth-order valence-electron chi connectivity index (χ4n) is 3.23. The average molecular weight is 493 g/mol. The number of phenols is 1. The number of esters is 1. The van der Waals surface area contributed by atoms with Crippen molar-refractivity contribution in [2.75, 3.05) is 6.61 Å². The second-order valence-electron chi connectivity index (χ2n) is 10.0. The van der Waals surface area contributed by atoms with E-state index in [0.29, 0.717) is 12.8 Å². The van der Waals surface area contributed by atoms with Crippen molar-refractivity contribution < 1.29 is 29.0 Å². The molecule has 9 heteroatoms. The quantitative estimate of drug-likeness (QED) is 0.429. The molecule has 2 rings (SSSR count). The van der Waals surface area contributed by atoms with E-state index in [-0.39, 0.29) is 35.7 Å². The number of phenolic OH excluding ortho intramolecular Hbond substituents is 1. The highest BCUT2D eigenvalue weighted by Gasteiger charge is 2.53. The van der Waals surface area contributed by atoms with Gasteiger partial charge in [0.2, 0.25) is 11.8 Å². The number of carbonyl (C=O) groups excluding carboxylic acids is 4. The molecule has 1 aliphatic rings. The third-order valence-corrected chi connectivity index (χ3v) is 7.35. The van der Waals surface area contributed by atoms with Crippen LogP contribution in [-0.2, 0) is 30.3 Å². The molecular formula is C25H36N2O6S. The van der Waals surface area contributed by atoms with Gasteiger partial charge in [0.15, 0.2) is 5.12 Å². The largest absolute Gasteiger partial charge is 0.508 e. The van der Waals surface area contributed by atoms with Crippen LogP contribution in [0.2, 0.25) is 0 Å². The molecular weight excluding hydrogens is 456 g/mol. The summed E-state index contributed by atoms with van der Waals surface area (Å²) in [5.41, 5.74) is -0.953. The molecule has 34 heavy (non-hydrogen) atoms. The van der Waals surface area contributed by atoms with Crippen molar-refractivity contribution >= 4 is 34.7 Å². The zero-order valence-electron chi connectivity index (χ0n) is 20.8. The number of amides is 2. The number of ether oxygens (including phenoxy) is 1. The molecule has 0 aromatic heterocycles. The topological polar surface area (TPSA) is 122 Å². The Hall–Kier alpha value is -2.55. The standard InChI is InChI=1S/C25H36N2O6S/c1-7-33-21(30)18(14-16-8-10-17(28)11-9-16)26-22(31)25(12-13-25)27-20(29)19(15(2)3)34-23(32)24(4,5)6/h8-11,15,18-19,28H,7,12-14H2,1-6H3,(H,26,31)(H,27,29)/t18-,19-/m0/s1. The van der Waals surface area contributed by atoms with Gasteiger partial charge in [0.25, 0.3) is 0 Å². The average Bonchev–Trinajstić information content (AvgIpc) is 3.52. The number of benzene rings is 1. The van der Waals surface area contributed by atoms with Crippen LogP contribution < -0.4 is 10.6 Å². The summed E-state index contributed by atoms with van der Waals surface area (Å²) < 4.78 is 5.13. The predicted molar refractivity (Wildman–Crippen MR) is 131 cm³/mol. The van der Waals surface area contributed by atoms with E-state index in [4.69, 9.17) is 4.74 Å². The maximum absolute atomic E-state index is 13.2. The van der Waals surface area contributed by atoms with Gasteiger partial charge in [0, 0.05) is 11.8 Å². The number of aromatic hydroxyl groups is 1. The highest BCUT2D eigenvalue weighted by Crippen LogP contribution is 2.37. The summed E-state index contributed by atoms with van der Waals surface area (Å²) in [7, 11) is 0. The lowest BCUT2D eigenvalue weighted by Crippen LogP contribution is -2.56. The number of hydrogen-bond acceptors (Lipinski definition) is 7. The Kier molecular flexibility index (Phi) is 9.16. The van der Waals surface area contributed by atoms with Crippen LogP contribution in [-0.4, -0.2) is 51.4 Å². The van der Waals surface area contributed by atoms with Gasteiger partial charge >= 0.3 is 5.97 Å². The third kappa shape index (κ3) is 7.48. The number of nitrogens with one attached hydrogen (secondary N) is 2.